The Balaban J connectivity index is 3.06. The number of hydrogen-bond acceptors (Lipinski definition) is 2. The lowest BCUT2D eigenvalue weighted by Gasteiger charge is -2.10. The number of isocyanates is 1. The first-order chi connectivity index (χ1) is 7.19. The van der Waals surface area contributed by atoms with E-state index in [0.717, 1.165) is 12.0 Å². The van der Waals surface area contributed by atoms with Crippen molar-refractivity contribution in [2.45, 2.75) is 39.7 Å². The van der Waals surface area contributed by atoms with Crippen molar-refractivity contribution in [2.75, 3.05) is 0 Å². The largest absolute Gasteiger partial charge is 0.235 e. The van der Waals surface area contributed by atoms with Crippen molar-refractivity contribution in [3.8, 4) is 0 Å². The van der Waals surface area contributed by atoms with Gasteiger partial charge >= 0.3 is 0 Å². The Morgan fingerprint density at radius 2 is 2.07 bits per heavy atom. The lowest BCUT2D eigenvalue weighted by Crippen LogP contribution is -1.95. The van der Waals surface area contributed by atoms with E-state index >= 15 is 0 Å². The van der Waals surface area contributed by atoms with Gasteiger partial charge in [-0.2, -0.15) is 0 Å². The molecular formula is C13H17NO. The summed E-state index contributed by atoms with van der Waals surface area (Å²) in [7, 11) is 0. The Morgan fingerprint density at radius 1 is 1.33 bits per heavy atom. The van der Waals surface area contributed by atoms with Crippen LogP contribution in [0.25, 0.3) is 0 Å². The summed E-state index contributed by atoms with van der Waals surface area (Å²) in [5, 5.41) is 0. The van der Waals surface area contributed by atoms with E-state index < -0.39 is 0 Å². The molecule has 80 valence electrons. The van der Waals surface area contributed by atoms with E-state index in [0.29, 0.717) is 12.5 Å². The monoisotopic (exact) mass is 203 g/mol. The Kier molecular flexibility index (Phi) is 4.26. The zero-order valence-electron chi connectivity index (χ0n) is 9.58. The summed E-state index contributed by atoms with van der Waals surface area (Å²) in [6, 6.07) is 6.42. The summed E-state index contributed by atoms with van der Waals surface area (Å²) in [5.74, 6) is 0.509. The summed E-state index contributed by atoms with van der Waals surface area (Å²) in [4.78, 5) is 13.8. The van der Waals surface area contributed by atoms with Crippen LogP contribution in [0, 0.1) is 0 Å². The number of aliphatic imine (C=N–C) groups is 1. The topological polar surface area (TPSA) is 29.4 Å². The van der Waals surface area contributed by atoms with Gasteiger partial charge < -0.3 is 0 Å². The molecule has 0 N–H and O–H groups in total. The zero-order chi connectivity index (χ0) is 11.3. The number of aryl methyl sites for hydroxylation is 1. The van der Waals surface area contributed by atoms with Gasteiger partial charge in [-0.1, -0.05) is 39.0 Å². The second kappa shape index (κ2) is 5.47. The third-order valence-electron chi connectivity index (χ3n) is 2.59. The van der Waals surface area contributed by atoms with Crippen LogP contribution in [0.15, 0.2) is 23.2 Å². The minimum absolute atomic E-state index is 0.452. The van der Waals surface area contributed by atoms with Gasteiger partial charge in [0, 0.05) is 0 Å². The van der Waals surface area contributed by atoms with Crippen molar-refractivity contribution < 1.29 is 4.79 Å². The molecule has 1 aromatic carbocycles. The molecule has 0 aliphatic rings. The smallest absolute Gasteiger partial charge is 0.211 e. The second-order valence-corrected chi connectivity index (χ2v) is 3.94. The van der Waals surface area contributed by atoms with Crippen LogP contribution in [0.2, 0.25) is 0 Å². The van der Waals surface area contributed by atoms with E-state index in [1.54, 1.807) is 6.08 Å². The van der Waals surface area contributed by atoms with Crippen LogP contribution in [0.1, 0.15) is 43.4 Å². The summed E-state index contributed by atoms with van der Waals surface area (Å²) in [6.07, 6.45) is 2.57. The molecule has 1 aromatic rings. The van der Waals surface area contributed by atoms with E-state index in [1.807, 2.05) is 0 Å². The van der Waals surface area contributed by atoms with Crippen molar-refractivity contribution in [3.05, 3.63) is 34.9 Å². The summed E-state index contributed by atoms with van der Waals surface area (Å²) in [5.41, 5.74) is 3.70. The maximum absolute atomic E-state index is 10.1. The minimum atomic E-state index is 0.452. The predicted molar refractivity (Wildman–Crippen MR) is 61.7 cm³/mol. The average Bonchev–Trinajstić information content (AvgIpc) is 2.25. The van der Waals surface area contributed by atoms with Crippen molar-refractivity contribution in [2.24, 2.45) is 4.99 Å². The molecule has 0 atom stereocenters. The highest BCUT2D eigenvalue weighted by Gasteiger charge is 2.04. The first-order valence-electron chi connectivity index (χ1n) is 5.34. The Bertz CT molecular complexity index is 376. The number of rotatable bonds is 4. The highest BCUT2D eigenvalue weighted by atomic mass is 16.1. The van der Waals surface area contributed by atoms with Gasteiger partial charge in [0.05, 0.1) is 6.54 Å². The van der Waals surface area contributed by atoms with E-state index in [1.165, 1.54) is 11.1 Å². The lowest BCUT2D eigenvalue weighted by molar-refractivity contribution is 0.562. The fraction of sp³-hybridized carbons (Fsp3) is 0.462. The van der Waals surface area contributed by atoms with E-state index in [2.05, 4.69) is 44.0 Å². The Morgan fingerprint density at radius 3 is 2.60 bits per heavy atom. The summed E-state index contributed by atoms with van der Waals surface area (Å²) < 4.78 is 0. The van der Waals surface area contributed by atoms with Crippen LogP contribution >= 0.6 is 0 Å². The fourth-order valence-corrected chi connectivity index (χ4v) is 1.61. The molecule has 0 heterocycles. The fourth-order valence-electron chi connectivity index (χ4n) is 1.61. The first-order valence-corrected chi connectivity index (χ1v) is 5.34. The van der Waals surface area contributed by atoms with Gasteiger partial charge in [0.1, 0.15) is 0 Å². The molecule has 0 amide bonds. The van der Waals surface area contributed by atoms with Gasteiger partial charge in [-0.25, -0.2) is 9.79 Å². The quantitative estimate of drug-likeness (QED) is 0.545. The molecule has 0 radical (unpaired) electrons. The van der Waals surface area contributed by atoms with Crippen molar-refractivity contribution in [3.63, 3.8) is 0 Å². The number of nitrogens with zero attached hydrogens (tertiary/aromatic N) is 1. The number of benzene rings is 1. The van der Waals surface area contributed by atoms with Gasteiger partial charge in [-0.05, 0) is 29.0 Å². The molecule has 0 unspecified atom stereocenters. The molecule has 0 aliphatic carbocycles. The van der Waals surface area contributed by atoms with Crippen molar-refractivity contribution in [1.82, 2.24) is 0 Å². The Hall–Kier alpha value is -1.40. The van der Waals surface area contributed by atoms with E-state index in [-0.39, 0.29) is 0 Å². The maximum atomic E-state index is 10.1. The standard InChI is InChI=1S/C13H17NO/c1-4-11-5-6-12(10(2)3)7-13(11)8-14-9-15/h5-7,10H,4,8H2,1-3H3. The Labute approximate surface area is 91.0 Å². The van der Waals surface area contributed by atoms with Gasteiger partial charge in [-0.15, -0.1) is 0 Å². The van der Waals surface area contributed by atoms with Crippen LogP contribution in [0.3, 0.4) is 0 Å². The minimum Gasteiger partial charge on any atom is -0.211 e. The predicted octanol–water partition coefficient (Wildman–Crippen LogP) is 3.21. The van der Waals surface area contributed by atoms with Gasteiger partial charge in [0.25, 0.3) is 0 Å². The van der Waals surface area contributed by atoms with E-state index in [9.17, 15) is 4.79 Å². The molecule has 2 nitrogen and oxygen atoms in total. The third kappa shape index (κ3) is 3.03. The van der Waals surface area contributed by atoms with Crippen LogP contribution < -0.4 is 0 Å². The zero-order valence-corrected chi connectivity index (χ0v) is 9.58. The molecule has 0 aliphatic heterocycles. The second-order valence-electron chi connectivity index (χ2n) is 3.94. The summed E-state index contributed by atoms with van der Waals surface area (Å²) >= 11 is 0. The third-order valence-corrected chi connectivity index (χ3v) is 2.59. The molecule has 0 spiro atoms. The lowest BCUT2D eigenvalue weighted by atomic mass is 9.96. The molecule has 0 bridgehead atoms. The molecule has 15 heavy (non-hydrogen) atoms. The molecule has 2 heteroatoms. The maximum Gasteiger partial charge on any atom is 0.235 e. The molecule has 0 aromatic heterocycles. The SMILES string of the molecule is CCc1ccc(C(C)C)cc1CN=C=O. The number of carbonyl (C=O) groups excluding carboxylic acids is 1. The molecule has 0 fully saturated rings. The highest BCUT2D eigenvalue weighted by Crippen LogP contribution is 2.20. The van der Waals surface area contributed by atoms with Crippen LogP contribution in [-0.2, 0) is 17.8 Å². The van der Waals surface area contributed by atoms with Crippen LogP contribution in [-0.4, -0.2) is 6.08 Å². The van der Waals surface area contributed by atoms with Crippen molar-refractivity contribution in [1.29, 1.82) is 0 Å². The molecule has 0 saturated carbocycles. The normalized spacial score (nSPS) is 10.1. The summed E-state index contributed by atoms with van der Waals surface area (Å²) in [6.45, 7) is 6.88. The highest BCUT2D eigenvalue weighted by molar-refractivity contribution is 5.37. The van der Waals surface area contributed by atoms with Gasteiger partial charge in [-0.3, -0.25) is 0 Å². The average molecular weight is 203 g/mol. The van der Waals surface area contributed by atoms with Crippen LogP contribution in [0.4, 0.5) is 0 Å². The number of hydrogen-bond donors (Lipinski definition) is 0. The van der Waals surface area contributed by atoms with E-state index in [4.69, 9.17) is 0 Å². The van der Waals surface area contributed by atoms with Gasteiger partial charge in [0.2, 0.25) is 6.08 Å². The molecule has 1 rings (SSSR count). The first kappa shape index (κ1) is 11.7. The van der Waals surface area contributed by atoms with Crippen molar-refractivity contribution >= 4 is 6.08 Å². The molecular weight excluding hydrogens is 186 g/mol. The molecule has 0 saturated heterocycles. The van der Waals surface area contributed by atoms with Crippen LogP contribution in [0.5, 0.6) is 0 Å². The van der Waals surface area contributed by atoms with Gasteiger partial charge in [0.15, 0.2) is 0 Å².